The van der Waals surface area contributed by atoms with E-state index in [1.165, 1.54) is 0 Å². The van der Waals surface area contributed by atoms with Crippen molar-refractivity contribution in [1.82, 2.24) is 20.1 Å². The molecule has 108 valence electrons. The molecule has 0 fully saturated rings. The SMILES string of the molecule is COCCNC(=S)Nc1cnc2c(cnn2C(C)C)c1. The van der Waals surface area contributed by atoms with E-state index >= 15 is 0 Å². The molecule has 0 aliphatic rings. The number of nitrogens with zero attached hydrogens (tertiary/aromatic N) is 3. The molecule has 7 heteroatoms. The van der Waals surface area contributed by atoms with Crippen LogP contribution in [0.15, 0.2) is 18.5 Å². The van der Waals surface area contributed by atoms with Gasteiger partial charge in [0.2, 0.25) is 0 Å². The molecule has 0 aromatic carbocycles. The van der Waals surface area contributed by atoms with Crippen molar-refractivity contribution in [2.75, 3.05) is 25.6 Å². The Hall–Kier alpha value is -1.73. The summed E-state index contributed by atoms with van der Waals surface area (Å²) >= 11 is 5.19. The van der Waals surface area contributed by atoms with Gasteiger partial charge in [-0.2, -0.15) is 5.10 Å². The number of hydrogen-bond acceptors (Lipinski definition) is 4. The highest BCUT2D eigenvalue weighted by Gasteiger charge is 2.08. The molecule has 2 aromatic rings. The van der Waals surface area contributed by atoms with Crippen molar-refractivity contribution in [2.45, 2.75) is 19.9 Å². The number of rotatable bonds is 5. The zero-order valence-corrected chi connectivity index (χ0v) is 12.7. The Bertz CT molecular complexity index is 595. The Labute approximate surface area is 123 Å². The molecule has 2 heterocycles. The van der Waals surface area contributed by atoms with Crippen LogP contribution < -0.4 is 10.6 Å². The van der Waals surface area contributed by atoms with Crippen molar-refractivity contribution >= 4 is 34.1 Å². The number of thiocarbonyl (C=S) groups is 1. The van der Waals surface area contributed by atoms with Crippen molar-refractivity contribution in [3.8, 4) is 0 Å². The zero-order valence-electron chi connectivity index (χ0n) is 11.9. The molecule has 0 radical (unpaired) electrons. The lowest BCUT2D eigenvalue weighted by molar-refractivity contribution is 0.204. The highest BCUT2D eigenvalue weighted by Crippen LogP contribution is 2.18. The van der Waals surface area contributed by atoms with Gasteiger partial charge in [0.05, 0.1) is 24.7 Å². The van der Waals surface area contributed by atoms with Crippen molar-refractivity contribution in [3.63, 3.8) is 0 Å². The van der Waals surface area contributed by atoms with Gasteiger partial charge < -0.3 is 15.4 Å². The smallest absolute Gasteiger partial charge is 0.170 e. The maximum absolute atomic E-state index is 5.19. The van der Waals surface area contributed by atoms with Crippen LogP contribution >= 0.6 is 12.2 Å². The molecule has 0 aliphatic carbocycles. The molecular formula is C13H19N5OS. The molecular weight excluding hydrogens is 274 g/mol. The molecule has 0 unspecified atom stereocenters. The lowest BCUT2D eigenvalue weighted by Crippen LogP contribution is -2.31. The summed E-state index contributed by atoms with van der Waals surface area (Å²) in [5.41, 5.74) is 1.72. The van der Waals surface area contributed by atoms with E-state index in [2.05, 4.69) is 34.6 Å². The lowest BCUT2D eigenvalue weighted by atomic mass is 10.3. The van der Waals surface area contributed by atoms with E-state index in [9.17, 15) is 0 Å². The van der Waals surface area contributed by atoms with Crippen LogP contribution in [0.25, 0.3) is 11.0 Å². The normalized spacial score (nSPS) is 11.0. The molecule has 0 aliphatic heterocycles. The second kappa shape index (κ2) is 6.62. The first-order valence-corrected chi connectivity index (χ1v) is 6.89. The fourth-order valence-electron chi connectivity index (χ4n) is 1.83. The van der Waals surface area contributed by atoms with Crippen LogP contribution in [0.5, 0.6) is 0 Å². The Kier molecular flexibility index (Phi) is 4.86. The summed E-state index contributed by atoms with van der Waals surface area (Å²) in [7, 11) is 1.66. The van der Waals surface area contributed by atoms with Gasteiger partial charge in [-0.05, 0) is 32.1 Å². The summed E-state index contributed by atoms with van der Waals surface area (Å²) in [6.45, 7) is 5.44. The van der Waals surface area contributed by atoms with Crippen LogP contribution in [-0.4, -0.2) is 40.1 Å². The minimum atomic E-state index is 0.288. The zero-order chi connectivity index (χ0) is 14.5. The Morgan fingerprint density at radius 3 is 2.95 bits per heavy atom. The predicted octanol–water partition coefficient (Wildman–Crippen LogP) is 1.94. The summed E-state index contributed by atoms with van der Waals surface area (Å²) in [5, 5.41) is 12.0. The van der Waals surface area contributed by atoms with Gasteiger partial charge in [0.15, 0.2) is 10.8 Å². The van der Waals surface area contributed by atoms with Crippen molar-refractivity contribution in [3.05, 3.63) is 18.5 Å². The molecule has 0 amide bonds. The van der Waals surface area contributed by atoms with Crippen LogP contribution in [0.3, 0.4) is 0 Å². The van der Waals surface area contributed by atoms with E-state index in [1.54, 1.807) is 13.3 Å². The number of pyridine rings is 1. The molecule has 2 aromatic heterocycles. The predicted molar refractivity (Wildman–Crippen MR) is 84.0 cm³/mol. The van der Waals surface area contributed by atoms with Gasteiger partial charge in [-0.1, -0.05) is 0 Å². The van der Waals surface area contributed by atoms with Crippen molar-refractivity contribution in [1.29, 1.82) is 0 Å². The number of hydrogen-bond donors (Lipinski definition) is 2. The van der Waals surface area contributed by atoms with Gasteiger partial charge in [-0.3, -0.25) is 0 Å². The van der Waals surface area contributed by atoms with Crippen LogP contribution in [0.1, 0.15) is 19.9 Å². The first-order chi connectivity index (χ1) is 9.61. The Morgan fingerprint density at radius 2 is 2.25 bits per heavy atom. The number of ether oxygens (including phenoxy) is 1. The van der Waals surface area contributed by atoms with E-state index in [4.69, 9.17) is 17.0 Å². The maximum Gasteiger partial charge on any atom is 0.170 e. The van der Waals surface area contributed by atoms with Crippen LogP contribution in [0, 0.1) is 0 Å². The standard InChI is InChI=1S/C13H19N5OS/c1-9(2)18-12-10(7-16-18)6-11(8-15-12)17-13(20)14-4-5-19-3/h6-9H,4-5H2,1-3H3,(H2,14,17,20). The topological polar surface area (TPSA) is 64.0 Å². The summed E-state index contributed by atoms with van der Waals surface area (Å²) < 4.78 is 6.85. The van der Waals surface area contributed by atoms with Gasteiger partial charge in [0.1, 0.15) is 0 Å². The molecule has 0 saturated carbocycles. The summed E-state index contributed by atoms with van der Waals surface area (Å²) in [5.74, 6) is 0. The number of anilines is 1. The number of methoxy groups -OCH3 is 1. The minimum absolute atomic E-state index is 0.288. The van der Waals surface area contributed by atoms with Gasteiger partial charge >= 0.3 is 0 Å². The lowest BCUT2D eigenvalue weighted by Gasteiger charge is -2.10. The minimum Gasteiger partial charge on any atom is -0.383 e. The van der Waals surface area contributed by atoms with Gasteiger partial charge in [-0.25, -0.2) is 9.67 Å². The van der Waals surface area contributed by atoms with E-state index in [0.717, 1.165) is 16.7 Å². The second-order valence-corrected chi connectivity index (χ2v) is 5.10. The van der Waals surface area contributed by atoms with Crippen LogP contribution in [0.4, 0.5) is 5.69 Å². The summed E-state index contributed by atoms with van der Waals surface area (Å²) in [4.78, 5) is 4.44. The molecule has 0 bridgehead atoms. The van der Waals surface area contributed by atoms with Gasteiger partial charge in [0.25, 0.3) is 0 Å². The number of fused-ring (bicyclic) bond motifs is 1. The van der Waals surface area contributed by atoms with E-state index in [-0.39, 0.29) is 6.04 Å². The molecule has 0 atom stereocenters. The Balaban J connectivity index is 2.07. The second-order valence-electron chi connectivity index (χ2n) is 4.69. The highest BCUT2D eigenvalue weighted by atomic mass is 32.1. The number of aromatic nitrogens is 3. The molecule has 0 saturated heterocycles. The monoisotopic (exact) mass is 293 g/mol. The fourth-order valence-corrected chi connectivity index (χ4v) is 2.05. The first-order valence-electron chi connectivity index (χ1n) is 6.49. The fraction of sp³-hybridized carbons (Fsp3) is 0.462. The summed E-state index contributed by atoms with van der Waals surface area (Å²) in [6, 6.07) is 2.27. The average molecular weight is 293 g/mol. The average Bonchev–Trinajstić information content (AvgIpc) is 2.82. The highest BCUT2D eigenvalue weighted by molar-refractivity contribution is 7.80. The third kappa shape index (κ3) is 3.43. The molecule has 6 nitrogen and oxygen atoms in total. The molecule has 2 N–H and O–H groups in total. The quantitative estimate of drug-likeness (QED) is 0.649. The number of nitrogens with one attached hydrogen (secondary N) is 2. The largest absolute Gasteiger partial charge is 0.383 e. The third-order valence-corrected chi connectivity index (χ3v) is 3.02. The van der Waals surface area contributed by atoms with Crippen LogP contribution in [0.2, 0.25) is 0 Å². The van der Waals surface area contributed by atoms with Crippen LogP contribution in [-0.2, 0) is 4.74 Å². The van der Waals surface area contributed by atoms with Crippen molar-refractivity contribution in [2.24, 2.45) is 0 Å². The molecule has 20 heavy (non-hydrogen) atoms. The molecule has 0 spiro atoms. The van der Waals surface area contributed by atoms with E-state index < -0.39 is 0 Å². The van der Waals surface area contributed by atoms with E-state index in [1.807, 2.05) is 16.9 Å². The Morgan fingerprint density at radius 1 is 1.45 bits per heavy atom. The van der Waals surface area contributed by atoms with Gasteiger partial charge in [-0.15, -0.1) is 0 Å². The van der Waals surface area contributed by atoms with Gasteiger partial charge in [0, 0.05) is 25.1 Å². The van der Waals surface area contributed by atoms with Crippen molar-refractivity contribution < 1.29 is 4.74 Å². The molecule has 2 rings (SSSR count). The first kappa shape index (κ1) is 14.7. The van der Waals surface area contributed by atoms with E-state index in [0.29, 0.717) is 18.3 Å². The maximum atomic E-state index is 5.19. The summed E-state index contributed by atoms with van der Waals surface area (Å²) in [6.07, 6.45) is 3.57. The third-order valence-electron chi connectivity index (χ3n) is 2.77.